The van der Waals surface area contributed by atoms with E-state index in [-0.39, 0.29) is 5.78 Å². The van der Waals surface area contributed by atoms with Crippen LogP contribution >= 0.6 is 0 Å². The summed E-state index contributed by atoms with van der Waals surface area (Å²) >= 11 is 0. The highest BCUT2D eigenvalue weighted by atomic mass is 16.1. The van der Waals surface area contributed by atoms with Crippen molar-refractivity contribution in [2.75, 3.05) is 5.73 Å². The molecule has 3 aromatic rings. The van der Waals surface area contributed by atoms with E-state index in [1.165, 1.54) is 0 Å². The topological polar surface area (TPSA) is 48.0 Å². The quantitative estimate of drug-likeness (QED) is 0.561. The summed E-state index contributed by atoms with van der Waals surface area (Å²) in [5.41, 5.74) is 8.75. The predicted molar refractivity (Wildman–Crippen MR) is 77.2 cm³/mol. The summed E-state index contributed by atoms with van der Waals surface area (Å²) in [7, 11) is 1.95. The molecule has 0 saturated heterocycles. The summed E-state index contributed by atoms with van der Waals surface area (Å²) in [6.07, 6.45) is 1.88. The van der Waals surface area contributed by atoms with Gasteiger partial charge in [-0.25, -0.2) is 0 Å². The van der Waals surface area contributed by atoms with Crippen molar-refractivity contribution in [1.29, 1.82) is 0 Å². The van der Waals surface area contributed by atoms with Crippen LogP contribution in [0.3, 0.4) is 0 Å². The number of fused-ring (bicyclic) bond motifs is 1. The van der Waals surface area contributed by atoms with E-state index in [0.29, 0.717) is 11.3 Å². The molecule has 0 aliphatic rings. The van der Waals surface area contributed by atoms with Gasteiger partial charge in [-0.15, -0.1) is 0 Å². The Kier molecular flexibility index (Phi) is 2.60. The summed E-state index contributed by atoms with van der Waals surface area (Å²) in [5.74, 6) is 0.0248. The van der Waals surface area contributed by atoms with Crippen LogP contribution in [0.25, 0.3) is 10.9 Å². The van der Waals surface area contributed by atoms with Crippen LogP contribution in [0.4, 0.5) is 5.69 Å². The largest absolute Gasteiger partial charge is 0.399 e. The normalized spacial score (nSPS) is 10.8. The van der Waals surface area contributed by atoms with E-state index in [1.54, 1.807) is 24.3 Å². The lowest BCUT2D eigenvalue weighted by atomic mass is 10.0. The number of carbonyl (C=O) groups is 1. The minimum atomic E-state index is 0.0248. The van der Waals surface area contributed by atoms with E-state index >= 15 is 0 Å². The number of hydrogen-bond donors (Lipinski definition) is 1. The number of benzene rings is 2. The average Bonchev–Trinajstić information content (AvgIpc) is 2.77. The standard InChI is InChI=1S/C16H14N2O/c1-18-10-14(13-4-2-3-5-15(13)18)16(19)11-6-8-12(17)9-7-11/h2-10H,17H2,1H3. The molecule has 2 aromatic carbocycles. The summed E-state index contributed by atoms with van der Waals surface area (Å²) < 4.78 is 1.97. The first kappa shape index (κ1) is 11.5. The molecule has 94 valence electrons. The third kappa shape index (κ3) is 1.89. The van der Waals surface area contributed by atoms with Crippen LogP contribution in [0.1, 0.15) is 15.9 Å². The van der Waals surface area contributed by atoms with Crippen LogP contribution in [0.2, 0.25) is 0 Å². The van der Waals surface area contributed by atoms with Gasteiger partial charge in [-0.3, -0.25) is 4.79 Å². The van der Waals surface area contributed by atoms with E-state index in [4.69, 9.17) is 5.73 Å². The van der Waals surface area contributed by atoms with Crippen LogP contribution in [-0.2, 0) is 7.05 Å². The van der Waals surface area contributed by atoms with Gasteiger partial charge >= 0.3 is 0 Å². The van der Waals surface area contributed by atoms with Crippen LogP contribution < -0.4 is 5.73 Å². The number of ketones is 1. The van der Waals surface area contributed by atoms with E-state index in [2.05, 4.69) is 0 Å². The lowest BCUT2D eigenvalue weighted by Crippen LogP contribution is -2.00. The van der Waals surface area contributed by atoms with Crippen LogP contribution in [0.5, 0.6) is 0 Å². The molecule has 3 nitrogen and oxygen atoms in total. The Hall–Kier alpha value is -2.55. The Morgan fingerprint density at radius 3 is 2.47 bits per heavy atom. The van der Waals surface area contributed by atoms with Gasteiger partial charge in [-0.2, -0.15) is 0 Å². The summed E-state index contributed by atoms with van der Waals surface area (Å²) in [5, 5.41) is 0.979. The molecule has 0 atom stereocenters. The Bertz CT molecular complexity index is 754. The highest BCUT2D eigenvalue weighted by Crippen LogP contribution is 2.23. The molecule has 1 aromatic heterocycles. The Morgan fingerprint density at radius 1 is 1.05 bits per heavy atom. The van der Waals surface area contributed by atoms with E-state index in [0.717, 1.165) is 16.5 Å². The number of carbonyl (C=O) groups excluding carboxylic acids is 1. The van der Waals surface area contributed by atoms with Crippen molar-refractivity contribution in [3.63, 3.8) is 0 Å². The van der Waals surface area contributed by atoms with Gasteiger partial charge in [-0.1, -0.05) is 18.2 Å². The predicted octanol–water partition coefficient (Wildman–Crippen LogP) is 2.99. The number of nitrogens with zero attached hydrogens (tertiary/aromatic N) is 1. The molecule has 1 heterocycles. The number of aryl methyl sites for hydroxylation is 1. The highest BCUT2D eigenvalue weighted by molar-refractivity contribution is 6.16. The van der Waals surface area contributed by atoms with Crippen molar-refractivity contribution < 1.29 is 4.79 Å². The SMILES string of the molecule is Cn1cc(C(=O)c2ccc(N)cc2)c2ccccc21. The first-order chi connectivity index (χ1) is 9.16. The molecular formula is C16H14N2O. The second-order valence-corrected chi connectivity index (χ2v) is 4.62. The van der Waals surface area contributed by atoms with Crippen molar-refractivity contribution in [3.05, 3.63) is 65.9 Å². The van der Waals surface area contributed by atoms with E-state index in [1.807, 2.05) is 42.1 Å². The number of nitrogen functional groups attached to an aromatic ring is 1. The molecule has 3 rings (SSSR count). The molecule has 0 aliphatic carbocycles. The Labute approximate surface area is 111 Å². The Morgan fingerprint density at radius 2 is 1.74 bits per heavy atom. The fourth-order valence-corrected chi connectivity index (χ4v) is 2.31. The average molecular weight is 250 g/mol. The molecule has 0 fully saturated rings. The number of hydrogen-bond acceptors (Lipinski definition) is 2. The van der Waals surface area contributed by atoms with Crippen LogP contribution in [-0.4, -0.2) is 10.4 Å². The maximum atomic E-state index is 12.5. The van der Waals surface area contributed by atoms with Crippen LogP contribution in [0, 0.1) is 0 Å². The smallest absolute Gasteiger partial charge is 0.195 e. The van der Waals surface area contributed by atoms with Crippen molar-refractivity contribution >= 4 is 22.4 Å². The highest BCUT2D eigenvalue weighted by Gasteiger charge is 2.15. The Balaban J connectivity index is 2.14. The van der Waals surface area contributed by atoms with Gasteiger partial charge in [-0.05, 0) is 30.3 Å². The zero-order valence-electron chi connectivity index (χ0n) is 10.6. The first-order valence-electron chi connectivity index (χ1n) is 6.11. The summed E-state index contributed by atoms with van der Waals surface area (Å²) in [6, 6.07) is 14.9. The molecular weight excluding hydrogens is 236 g/mol. The van der Waals surface area contributed by atoms with E-state index in [9.17, 15) is 4.79 Å². The summed E-state index contributed by atoms with van der Waals surface area (Å²) in [6.45, 7) is 0. The van der Waals surface area contributed by atoms with Gasteiger partial charge in [0.2, 0.25) is 0 Å². The molecule has 2 N–H and O–H groups in total. The molecule has 19 heavy (non-hydrogen) atoms. The molecule has 0 radical (unpaired) electrons. The van der Waals surface area contributed by atoms with Gasteiger partial charge in [0.15, 0.2) is 5.78 Å². The number of anilines is 1. The third-order valence-corrected chi connectivity index (χ3v) is 3.31. The van der Waals surface area contributed by atoms with Gasteiger partial charge in [0.25, 0.3) is 0 Å². The van der Waals surface area contributed by atoms with Gasteiger partial charge in [0.1, 0.15) is 0 Å². The second-order valence-electron chi connectivity index (χ2n) is 4.62. The van der Waals surface area contributed by atoms with Crippen molar-refractivity contribution in [2.45, 2.75) is 0 Å². The van der Waals surface area contributed by atoms with E-state index < -0.39 is 0 Å². The maximum absolute atomic E-state index is 12.5. The fourth-order valence-electron chi connectivity index (χ4n) is 2.31. The molecule has 0 bridgehead atoms. The van der Waals surface area contributed by atoms with Crippen LogP contribution in [0.15, 0.2) is 54.7 Å². The lowest BCUT2D eigenvalue weighted by molar-refractivity contribution is 0.104. The van der Waals surface area contributed by atoms with Gasteiger partial charge in [0.05, 0.1) is 0 Å². The molecule has 0 spiro atoms. The fraction of sp³-hybridized carbons (Fsp3) is 0.0625. The number of rotatable bonds is 2. The van der Waals surface area contributed by atoms with Gasteiger partial charge < -0.3 is 10.3 Å². The van der Waals surface area contributed by atoms with Crippen molar-refractivity contribution in [2.24, 2.45) is 7.05 Å². The molecule has 0 aliphatic heterocycles. The number of para-hydroxylation sites is 1. The number of aromatic nitrogens is 1. The van der Waals surface area contributed by atoms with Gasteiger partial charge in [0, 0.05) is 41.0 Å². The minimum absolute atomic E-state index is 0.0248. The lowest BCUT2D eigenvalue weighted by Gasteiger charge is -2.00. The number of nitrogens with two attached hydrogens (primary N) is 1. The molecule has 0 amide bonds. The zero-order valence-corrected chi connectivity index (χ0v) is 10.6. The zero-order chi connectivity index (χ0) is 13.4. The third-order valence-electron chi connectivity index (χ3n) is 3.31. The van der Waals surface area contributed by atoms with Crippen molar-refractivity contribution in [1.82, 2.24) is 4.57 Å². The maximum Gasteiger partial charge on any atom is 0.195 e. The second kappa shape index (κ2) is 4.28. The monoisotopic (exact) mass is 250 g/mol. The minimum Gasteiger partial charge on any atom is -0.399 e. The molecule has 0 saturated carbocycles. The van der Waals surface area contributed by atoms with Crippen molar-refractivity contribution in [3.8, 4) is 0 Å². The summed E-state index contributed by atoms with van der Waals surface area (Å²) in [4.78, 5) is 12.5. The molecule has 0 unspecified atom stereocenters. The first-order valence-corrected chi connectivity index (χ1v) is 6.11. The molecule has 3 heteroatoms.